The Labute approximate surface area is 146 Å². The molecule has 3 aromatic carbocycles. The Morgan fingerprint density at radius 1 is 0.667 bits per heavy atom. The van der Waals surface area contributed by atoms with E-state index in [1.807, 2.05) is 0 Å². The molecule has 0 N–H and O–H groups in total. The van der Waals surface area contributed by atoms with E-state index >= 15 is 0 Å². The number of benzene rings is 3. The van der Waals surface area contributed by atoms with Crippen molar-refractivity contribution in [3.63, 3.8) is 0 Å². The van der Waals surface area contributed by atoms with Gasteiger partial charge in [0, 0.05) is 5.54 Å². The fourth-order valence-electron chi connectivity index (χ4n) is 3.58. The van der Waals surface area contributed by atoms with Crippen molar-refractivity contribution in [1.82, 2.24) is 0 Å². The summed E-state index contributed by atoms with van der Waals surface area (Å²) in [6.45, 7) is 4.62. The first-order valence-electron chi connectivity index (χ1n) is 8.55. The molecule has 120 valence electrons. The van der Waals surface area contributed by atoms with Gasteiger partial charge in [0.15, 0.2) is 0 Å². The first-order valence-corrected chi connectivity index (χ1v) is 11.1. The second-order valence-electron chi connectivity index (χ2n) is 6.35. The molecule has 1 atom stereocenters. The second kappa shape index (κ2) is 7.46. The third-order valence-electron chi connectivity index (χ3n) is 4.91. The van der Waals surface area contributed by atoms with E-state index in [0.717, 1.165) is 0 Å². The van der Waals surface area contributed by atoms with Crippen LogP contribution in [0.1, 0.15) is 18.0 Å². The van der Waals surface area contributed by atoms with E-state index in [9.17, 15) is 0 Å². The van der Waals surface area contributed by atoms with Crippen LogP contribution in [0.3, 0.4) is 0 Å². The molecule has 0 aromatic heterocycles. The topological polar surface area (TPSA) is 0 Å². The normalized spacial score (nSPS) is 13.1. The van der Waals surface area contributed by atoms with Crippen LogP contribution in [-0.4, -0.2) is 8.07 Å². The van der Waals surface area contributed by atoms with Crippen LogP contribution in [0.5, 0.6) is 0 Å². The minimum absolute atomic E-state index is 0.411. The van der Waals surface area contributed by atoms with E-state index < -0.39 is 8.07 Å². The molecular formula is C23H24Si. The van der Waals surface area contributed by atoms with Crippen LogP contribution in [0.25, 0.3) is 0 Å². The molecule has 24 heavy (non-hydrogen) atoms. The number of hydrogen-bond donors (Lipinski definition) is 0. The highest BCUT2D eigenvalue weighted by molar-refractivity contribution is 7.02. The predicted octanol–water partition coefficient (Wildman–Crippen LogP) is 4.78. The van der Waals surface area contributed by atoms with Crippen LogP contribution in [-0.2, 0) is 0 Å². The van der Waals surface area contributed by atoms with E-state index in [-0.39, 0.29) is 0 Å². The molecular weight excluding hydrogens is 304 g/mol. The van der Waals surface area contributed by atoms with Crippen LogP contribution >= 0.6 is 0 Å². The van der Waals surface area contributed by atoms with Crippen LogP contribution in [0.15, 0.2) is 103 Å². The number of rotatable bonds is 5. The predicted molar refractivity (Wildman–Crippen MR) is 108 cm³/mol. The summed E-state index contributed by atoms with van der Waals surface area (Å²) in [7, 11) is -1.98. The first-order chi connectivity index (χ1) is 11.8. The summed E-state index contributed by atoms with van der Waals surface area (Å²) >= 11 is 0. The smallest absolute Gasteiger partial charge is 0.0913 e. The summed E-state index contributed by atoms with van der Waals surface area (Å²) in [5.74, 6) is 0. The lowest BCUT2D eigenvalue weighted by Gasteiger charge is -2.36. The zero-order chi connectivity index (χ0) is 16.8. The first kappa shape index (κ1) is 16.5. The quantitative estimate of drug-likeness (QED) is 0.467. The zero-order valence-electron chi connectivity index (χ0n) is 14.4. The lowest BCUT2D eigenvalue weighted by Crippen LogP contribution is -2.60. The molecule has 0 aliphatic carbocycles. The minimum atomic E-state index is -1.98. The highest BCUT2D eigenvalue weighted by Gasteiger charge is 2.39. The number of allylic oxidation sites excluding steroid dienone is 2. The fraction of sp³-hybridized carbons (Fsp3) is 0.130. The van der Waals surface area contributed by atoms with Crippen molar-refractivity contribution < 1.29 is 0 Å². The Bertz CT molecular complexity index is 737. The van der Waals surface area contributed by atoms with Gasteiger partial charge in [-0.3, -0.25) is 0 Å². The van der Waals surface area contributed by atoms with Crippen molar-refractivity contribution in [2.24, 2.45) is 0 Å². The van der Waals surface area contributed by atoms with Gasteiger partial charge in [-0.1, -0.05) is 120 Å². The van der Waals surface area contributed by atoms with Crippen LogP contribution in [0.2, 0.25) is 6.55 Å². The van der Waals surface area contributed by atoms with Gasteiger partial charge in [-0.15, -0.1) is 0 Å². The summed E-state index contributed by atoms with van der Waals surface area (Å²) in [5.41, 5.74) is 1.81. The van der Waals surface area contributed by atoms with Crippen molar-refractivity contribution in [2.45, 2.75) is 19.0 Å². The van der Waals surface area contributed by atoms with E-state index in [0.29, 0.717) is 5.54 Å². The molecule has 0 amide bonds. The highest BCUT2D eigenvalue weighted by Crippen LogP contribution is 2.28. The van der Waals surface area contributed by atoms with Crippen LogP contribution < -0.4 is 10.4 Å². The van der Waals surface area contributed by atoms with Crippen molar-refractivity contribution in [1.29, 1.82) is 0 Å². The van der Waals surface area contributed by atoms with Crippen molar-refractivity contribution in [3.8, 4) is 0 Å². The van der Waals surface area contributed by atoms with Gasteiger partial charge in [-0.05, 0) is 12.5 Å². The molecule has 0 unspecified atom stereocenters. The van der Waals surface area contributed by atoms with E-state index in [2.05, 4.69) is 117 Å². The summed E-state index contributed by atoms with van der Waals surface area (Å²) in [6, 6.07) is 33.0. The molecule has 0 saturated carbocycles. The average Bonchev–Trinajstić information content (AvgIpc) is 2.67. The Hall–Kier alpha value is -2.38. The average molecular weight is 329 g/mol. The molecule has 1 heteroatoms. The summed E-state index contributed by atoms with van der Waals surface area (Å²) in [6.07, 6.45) is 4.59. The van der Waals surface area contributed by atoms with Gasteiger partial charge < -0.3 is 0 Å². The summed E-state index contributed by atoms with van der Waals surface area (Å²) < 4.78 is 0. The lowest BCUT2D eigenvalue weighted by atomic mass is 10.1. The third-order valence-corrected chi connectivity index (χ3v) is 9.75. The Balaban J connectivity index is 2.24. The second-order valence-corrected chi connectivity index (χ2v) is 10.5. The molecule has 3 aromatic rings. The van der Waals surface area contributed by atoms with Gasteiger partial charge in [-0.25, -0.2) is 0 Å². The third kappa shape index (κ3) is 3.13. The molecule has 0 fully saturated rings. The van der Waals surface area contributed by atoms with Gasteiger partial charge in [0.2, 0.25) is 0 Å². The number of hydrogen-bond acceptors (Lipinski definition) is 0. The molecule has 0 aliphatic rings. The van der Waals surface area contributed by atoms with E-state index in [4.69, 9.17) is 0 Å². The summed E-state index contributed by atoms with van der Waals surface area (Å²) in [5, 5.41) is 2.95. The monoisotopic (exact) mass is 328 g/mol. The van der Waals surface area contributed by atoms with E-state index in [1.54, 1.807) is 0 Å². The van der Waals surface area contributed by atoms with Crippen LogP contribution in [0.4, 0.5) is 0 Å². The van der Waals surface area contributed by atoms with Gasteiger partial charge >= 0.3 is 0 Å². The van der Waals surface area contributed by atoms with E-state index in [1.165, 1.54) is 15.9 Å². The molecule has 3 rings (SSSR count). The maximum atomic E-state index is 2.50. The standard InChI is InChI=1S/C23H24Si/c1-3-13-23(20-14-7-4-8-15-20)24(2,21-16-9-5-10-17-21)22-18-11-6-12-19-22/h3-19,23H,1-2H3/b13-3-/t23-/m1/s1. The zero-order valence-corrected chi connectivity index (χ0v) is 15.4. The molecule has 0 spiro atoms. The molecule has 0 bridgehead atoms. The Kier molecular flexibility index (Phi) is 5.12. The molecule has 0 radical (unpaired) electrons. The highest BCUT2D eigenvalue weighted by atomic mass is 28.3. The van der Waals surface area contributed by atoms with Gasteiger partial charge in [0.1, 0.15) is 8.07 Å². The Morgan fingerprint density at radius 2 is 1.08 bits per heavy atom. The molecule has 0 saturated heterocycles. The van der Waals surface area contributed by atoms with Crippen molar-refractivity contribution in [2.75, 3.05) is 0 Å². The molecule has 0 heterocycles. The van der Waals surface area contributed by atoms with Gasteiger partial charge in [0.25, 0.3) is 0 Å². The molecule has 0 nitrogen and oxygen atoms in total. The Morgan fingerprint density at radius 3 is 1.50 bits per heavy atom. The van der Waals surface area contributed by atoms with Crippen molar-refractivity contribution in [3.05, 3.63) is 109 Å². The van der Waals surface area contributed by atoms with Gasteiger partial charge in [0.05, 0.1) is 0 Å². The van der Waals surface area contributed by atoms with Crippen molar-refractivity contribution >= 4 is 18.4 Å². The minimum Gasteiger partial charge on any atom is -0.0913 e. The maximum absolute atomic E-state index is 2.50. The largest absolute Gasteiger partial charge is 0.126 e. The van der Waals surface area contributed by atoms with Crippen LogP contribution in [0, 0.1) is 0 Å². The van der Waals surface area contributed by atoms with Gasteiger partial charge in [-0.2, -0.15) is 0 Å². The lowest BCUT2D eigenvalue weighted by molar-refractivity contribution is 1.15. The maximum Gasteiger partial charge on any atom is 0.126 e. The molecule has 0 aliphatic heterocycles. The SMILES string of the molecule is C/C=C\[C@H](c1ccccc1)[Si](C)(c1ccccc1)c1ccccc1. The summed E-state index contributed by atoms with van der Waals surface area (Å²) in [4.78, 5) is 0. The fourth-order valence-corrected chi connectivity index (χ4v) is 7.84.